The smallest absolute Gasteiger partial charge is 0 e. The van der Waals surface area contributed by atoms with Crippen LogP contribution in [0.25, 0.3) is 0 Å². The van der Waals surface area contributed by atoms with E-state index >= 15 is 0 Å². The van der Waals surface area contributed by atoms with Crippen LogP contribution in [0.4, 0.5) is 0 Å². The van der Waals surface area contributed by atoms with Gasteiger partial charge in [0.15, 0.2) is 0 Å². The van der Waals surface area contributed by atoms with Crippen molar-refractivity contribution >= 4 is 40.9 Å². The van der Waals surface area contributed by atoms with Gasteiger partial charge in [-0.05, 0) is 97.3 Å². The molecule has 4 nitrogen and oxygen atoms in total. The first-order valence-electron chi connectivity index (χ1n) is 14.1. The number of hydrogen-bond donors (Lipinski definition) is 1. The van der Waals surface area contributed by atoms with Crippen LogP contribution in [0.5, 0.6) is 0 Å². The zero-order valence-corrected chi connectivity index (χ0v) is 27.4. The topological polar surface area (TPSA) is 74.3 Å². The Bertz CT molecular complexity index is 1150. The Morgan fingerprint density at radius 2 is 1.23 bits per heavy atom. The van der Waals surface area contributed by atoms with Crippen molar-refractivity contribution in [2.24, 2.45) is 16.7 Å². The molecule has 3 saturated carbocycles. The maximum Gasteiger partial charge on any atom is 0 e. The Hall–Kier alpha value is -1.87. The predicted octanol–water partition coefficient (Wildman–Crippen LogP) is 5.46. The molecule has 0 aromatic heterocycles. The molecule has 2 bridgehead atoms. The van der Waals surface area contributed by atoms with Gasteiger partial charge in [0.2, 0.25) is 0 Å². The molecule has 227 valence electrons. The fourth-order valence-corrected chi connectivity index (χ4v) is 10.1. The molecule has 0 aliphatic heterocycles. The van der Waals surface area contributed by atoms with Gasteiger partial charge < -0.3 is 9.90 Å². The zero-order valence-electron chi connectivity index (χ0n) is 24.6. The van der Waals surface area contributed by atoms with Crippen LogP contribution in [0, 0.1) is 55.5 Å². The molecule has 4 atom stereocenters. The van der Waals surface area contributed by atoms with Gasteiger partial charge in [0.05, 0.1) is 6.10 Å². The second-order valence-corrected chi connectivity index (χ2v) is 14.7. The van der Waals surface area contributed by atoms with Crippen LogP contribution in [0.15, 0.2) is 91.0 Å². The van der Waals surface area contributed by atoms with Gasteiger partial charge in [-0.15, -0.1) is 0 Å². The minimum atomic E-state index is -1.17. The summed E-state index contributed by atoms with van der Waals surface area (Å²) in [5.41, 5.74) is -0.190. The Labute approximate surface area is 272 Å². The van der Waals surface area contributed by atoms with Gasteiger partial charge in [-0.1, -0.05) is 111 Å². The molecule has 3 aromatic carbocycles. The van der Waals surface area contributed by atoms with Gasteiger partial charge in [-0.2, -0.15) is 0 Å². The molecule has 43 heavy (non-hydrogen) atoms. The first-order chi connectivity index (χ1) is 20.4. The maximum absolute atomic E-state index is 11.8. The summed E-state index contributed by atoms with van der Waals surface area (Å²) >= 11 is 0. The molecule has 6 rings (SSSR count). The van der Waals surface area contributed by atoms with E-state index in [9.17, 15) is 14.1 Å². The molecule has 0 amide bonds. The molecule has 7 heteroatoms. The van der Waals surface area contributed by atoms with Crippen molar-refractivity contribution in [3.8, 4) is 0 Å². The third kappa shape index (κ3) is 9.56. The molecular weight excluding hydrogens is 615 g/mol. The number of aliphatic hydroxyl groups excluding tert-OH is 1. The number of fused-ring (bicyclic) bond motifs is 2. The van der Waals surface area contributed by atoms with Crippen LogP contribution in [0.2, 0.25) is 0 Å². The molecule has 3 aliphatic carbocycles. The number of carbonyl (C=O) groups excluding carboxylic acids is 1. The second-order valence-electron chi connectivity index (χ2n) is 11.0. The fourth-order valence-electron chi connectivity index (χ4n) is 6.28. The van der Waals surface area contributed by atoms with Gasteiger partial charge in [-0.3, -0.25) is 10.5 Å². The summed E-state index contributed by atoms with van der Waals surface area (Å²) in [4.78, 5) is 10.3. The molecule has 0 unspecified atom stereocenters. The van der Waals surface area contributed by atoms with Crippen molar-refractivity contribution in [2.45, 2.75) is 39.2 Å². The Balaban J connectivity index is 0.000000244. The van der Waals surface area contributed by atoms with Crippen LogP contribution < -0.4 is 15.9 Å². The van der Waals surface area contributed by atoms with Crippen molar-refractivity contribution in [3.63, 3.8) is 0 Å². The van der Waals surface area contributed by atoms with E-state index in [-0.39, 0.29) is 39.8 Å². The Morgan fingerprint density at radius 1 is 0.837 bits per heavy atom. The molecule has 3 fully saturated rings. The van der Waals surface area contributed by atoms with E-state index in [0.717, 1.165) is 19.3 Å². The summed E-state index contributed by atoms with van der Waals surface area (Å²) in [7, 11) is -1.62. The van der Waals surface area contributed by atoms with Crippen LogP contribution in [0.1, 0.15) is 33.1 Å². The van der Waals surface area contributed by atoms with Gasteiger partial charge in [-0.25, -0.2) is 0 Å². The first-order valence-corrected chi connectivity index (χ1v) is 16.9. The van der Waals surface area contributed by atoms with Gasteiger partial charge >= 0.3 is 11.3 Å². The van der Waals surface area contributed by atoms with E-state index in [1.165, 1.54) is 15.9 Å². The monoisotopic (exact) mass is 654 g/mol. The molecule has 3 aliphatic rings. The van der Waals surface area contributed by atoms with Crippen LogP contribution in [0.3, 0.4) is 0 Å². The number of hydrogen-bond acceptors (Lipinski definition) is 3. The SMILES string of the molecule is CC1(C)[C@@H]2CC[C@@]1(C[S@@](=O)C[C-]=O)[C@H](O)C2.[C-]#[O+].[CH]1[CH][CH][CH][CH]1.[Fe].c1ccc(P(c2ccccc2)c2ccccc2)cc1. The standard InChI is InChI=1S/C18H15P.C12H19O3S.C5H5.CO.Fe/c1-4-10-16(11-5-1)19(17-12-6-2-7-13-17)18-14-8-3-9-15-18;1-11(2)9-3-4-12(11,10(14)7-9)8-16(15)6-5-13;1-2-4-5-3-1;1-2;/h1-15H;9-10,14H,3-4,6-8H2,1-2H3;1-5H;;/q;-1;;;/t;9-,10-,12-,16+;;;/m.1.../s1. The zero-order chi connectivity index (χ0) is 30.4. The van der Waals surface area contributed by atoms with Crippen LogP contribution in [-0.4, -0.2) is 33.2 Å². The van der Waals surface area contributed by atoms with E-state index in [1.54, 1.807) is 6.29 Å². The van der Waals surface area contributed by atoms with Crippen molar-refractivity contribution in [1.29, 1.82) is 0 Å². The van der Waals surface area contributed by atoms with Gasteiger partial charge in [0, 0.05) is 28.2 Å². The average molecular weight is 655 g/mol. The van der Waals surface area contributed by atoms with Crippen molar-refractivity contribution in [2.75, 3.05) is 11.5 Å². The quantitative estimate of drug-likeness (QED) is 0.159. The van der Waals surface area contributed by atoms with Gasteiger partial charge in [0.1, 0.15) is 0 Å². The number of benzene rings is 3. The molecule has 1 N–H and O–H groups in total. The summed E-state index contributed by atoms with van der Waals surface area (Å²) in [5, 5.41) is 14.4. The molecule has 3 aromatic rings. The largest absolute Gasteiger partial charge is 0.0622 e. The summed E-state index contributed by atoms with van der Waals surface area (Å²) in [6, 6.07) is 32.3. The fraction of sp³-hybridized carbons (Fsp3) is 0.306. The Kier molecular flexibility index (Phi) is 16.3. The summed E-state index contributed by atoms with van der Waals surface area (Å²) in [6.07, 6.45) is 14.2. The molecule has 5 radical (unpaired) electrons. The predicted molar refractivity (Wildman–Crippen MR) is 174 cm³/mol. The third-order valence-corrected chi connectivity index (χ3v) is 12.3. The van der Waals surface area contributed by atoms with Crippen molar-refractivity contribution in [1.82, 2.24) is 0 Å². The normalized spacial score (nSPS) is 23.2. The van der Waals surface area contributed by atoms with E-state index in [0.29, 0.717) is 11.7 Å². The van der Waals surface area contributed by atoms with Crippen LogP contribution >= 0.6 is 7.92 Å². The summed E-state index contributed by atoms with van der Waals surface area (Å²) < 4.78 is 19.3. The van der Waals surface area contributed by atoms with Crippen molar-refractivity contribution in [3.05, 3.63) is 130 Å². The molecule has 0 heterocycles. The van der Waals surface area contributed by atoms with E-state index in [1.807, 2.05) is 32.1 Å². The van der Waals surface area contributed by atoms with Gasteiger partial charge in [0.25, 0.3) is 0 Å². The number of rotatable bonds is 7. The van der Waals surface area contributed by atoms with Crippen LogP contribution in [-0.2, 0) is 37.3 Å². The Morgan fingerprint density at radius 3 is 1.53 bits per heavy atom. The molecule has 0 spiro atoms. The first kappa shape index (κ1) is 37.3. The van der Waals surface area contributed by atoms with E-state index < -0.39 is 18.7 Å². The molecular formula is C36H39FeO4PS-. The molecule has 0 saturated heterocycles. The second kappa shape index (κ2) is 18.8. The minimum absolute atomic E-state index is 0. The third-order valence-electron chi connectivity index (χ3n) is 8.63. The summed E-state index contributed by atoms with van der Waals surface area (Å²) in [5.74, 6) is 0.974. The summed E-state index contributed by atoms with van der Waals surface area (Å²) in [6.45, 7) is 8.84. The number of aliphatic hydroxyl groups is 1. The minimum Gasteiger partial charge on any atom is -0.0622 e. The maximum atomic E-state index is 11.8. The average Bonchev–Trinajstić information content (AvgIpc) is 3.72. The van der Waals surface area contributed by atoms with Crippen molar-refractivity contribution < 1.29 is 35.8 Å². The van der Waals surface area contributed by atoms with E-state index in [2.05, 4.69) is 111 Å². The van der Waals surface area contributed by atoms with E-state index in [4.69, 9.17) is 4.65 Å².